The van der Waals surface area contributed by atoms with E-state index in [2.05, 4.69) is 22.3 Å². The first-order valence-corrected chi connectivity index (χ1v) is 7.33. The number of amides is 3. The second kappa shape index (κ2) is 5.73. The number of nitrogens with two attached hydrogens (primary N) is 1. The maximum atomic E-state index is 11.6. The predicted molar refractivity (Wildman–Crippen MR) is 80.2 cm³/mol. The van der Waals surface area contributed by atoms with Crippen LogP contribution in [-0.4, -0.2) is 49.6 Å². The third-order valence-corrected chi connectivity index (χ3v) is 4.20. The summed E-state index contributed by atoms with van der Waals surface area (Å²) in [5.41, 5.74) is 8.21. The number of benzene rings is 1. The minimum atomic E-state index is -0.286. The summed E-state index contributed by atoms with van der Waals surface area (Å²) < 4.78 is 0. The van der Waals surface area contributed by atoms with E-state index in [1.54, 1.807) is 0 Å². The van der Waals surface area contributed by atoms with E-state index >= 15 is 0 Å². The molecule has 1 atom stereocenters. The Morgan fingerprint density at radius 2 is 2.05 bits per heavy atom. The fraction of sp³-hybridized carbons (Fsp3) is 0.467. The van der Waals surface area contributed by atoms with Crippen molar-refractivity contribution >= 4 is 17.6 Å². The topological polar surface area (TPSA) is 78.7 Å². The van der Waals surface area contributed by atoms with E-state index in [4.69, 9.17) is 5.73 Å². The molecule has 2 aliphatic rings. The van der Waals surface area contributed by atoms with Gasteiger partial charge in [0, 0.05) is 31.2 Å². The first-order chi connectivity index (χ1) is 10.2. The number of imide groups is 1. The minimum absolute atomic E-state index is 0.116. The SMILES string of the molecule is NCCC1CN(CCN2C(=O)CNC2=O)c2ccccc21. The molecule has 0 radical (unpaired) electrons. The average Bonchev–Trinajstić information content (AvgIpc) is 3.00. The Bertz CT molecular complexity index is 544. The molecule has 1 aromatic carbocycles. The van der Waals surface area contributed by atoms with Gasteiger partial charge in [0.05, 0.1) is 6.54 Å². The highest BCUT2D eigenvalue weighted by Crippen LogP contribution is 2.37. The van der Waals surface area contributed by atoms with E-state index < -0.39 is 0 Å². The summed E-state index contributed by atoms with van der Waals surface area (Å²) >= 11 is 0. The molecule has 0 saturated carbocycles. The molecule has 0 aromatic heterocycles. The number of hydrogen-bond acceptors (Lipinski definition) is 4. The van der Waals surface area contributed by atoms with Crippen molar-refractivity contribution in [1.29, 1.82) is 0 Å². The second-order valence-electron chi connectivity index (χ2n) is 5.48. The van der Waals surface area contributed by atoms with Gasteiger partial charge in [-0.25, -0.2) is 4.79 Å². The first kappa shape index (κ1) is 13.9. The van der Waals surface area contributed by atoms with E-state index in [9.17, 15) is 9.59 Å². The first-order valence-electron chi connectivity index (χ1n) is 7.33. The number of anilines is 1. The number of hydrogen-bond donors (Lipinski definition) is 2. The summed E-state index contributed by atoms with van der Waals surface area (Å²) in [7, 11) is 0. The van der Waals surface area contributed by atoms with Crippen LogP contribution in [0.5, 0.6) is 0 Å². The molecular weight excluding hydrogens is 268 g/mol. The van der Waals surface area contributed by atoms with Crippen LogP contribution < -0.4 is 16.0 Å². The lowest BCUT2D eigenvalue weighted by atomic mass is 9.98. The Morgan fingerprint density at radius 3 is 2.76 bits per heavy atom. The van der Waals surface area contributed by atoms with Gasteiger partial charge in [0.2, 0.25) is 5.91 Å². The number of carbonyl (C=O) groups is 2. The number of para-hydroxylation sites is 1. The molecule has 1 saturated heterocycles. The molecule has 1 aromatic rings. The van der Waals surface area contributed by atoms with E-state index in [1.165, 1.54) is 16.2 Å². The van der Waals surface area contributed by atoms with E-state index in [1.807, 2.05) is 12.1 Å². The number of nitrogens with one attached hydrogen (secondary N) is 1. The highest BCUT2D eigenvalue weighted by Gasteiger charge is 2.31. The number of rotatable bonds is 5. The monoisotopic (exact) mass is 288 g/mol. The van der Waals surface area contributed by atoms with Gasteiger partial charge in [-0.05, 0) is 24.6 Å². The molecule has 0 aliphatic carbocycles. The van der Waals surface area contributed by atoms with Crippen molar-refractivity contribution in [2.24, 2.45) is 5.73 Å². The molecule has 1 fully saturated rings. The molecule has 3 amide bonds. The molecular formula is C15H20N4O2. The molecule has 1 unspecified atom stereocenters. The lowest BCUT2D eigenvalue weighted by Crippen LogP contribution is -2.38. The Labute approximate surface area is 123 Å². The van der Waals surface area contributed by atoms with Crippen molar-refractivity contribution in [2.45, 2.75) is 12.3 Å². The van der Waals surface area contributed by atoms with Crippen LogP contribution in [0.25, 0.3) is 0 Å². The summed E-state index contributed by atoms with van der Waals surface area (Å²) in [5.74, 6) is 0.292. The molecule has 6 nitrogen and oxygen atoms in total. The third-order valence-electron chi connectivity index (χ3n) is 4.20. The van der Waals surface area contributed by atoms with Gasteiger partial charge in [0.1, 0.15) is 0 Å². The molecule has 0 spiro atoms. The largest absolute Gasteiger partial charge is 0.369 e. The van der Waals surface area contributed by atoms with Crippen LogP contribution in [0.15, 0.2) is 24.3 Å². The number of urea groups is 1. The van der Waals surface area contributed by atoms with Gasteiger partial charge in [0.15, 0.2) is 0 Å². The molecule has 6 heteroatoms. The van der Waals surface area contributed by atoms with Crippen molar-refractivity contribution in [2.75, 3.05) is 37.6 Å². The Kier molecular flexibility index (Phi) is 3.79. The third kappa shape index (κ3) is 2.58. The van der Waals surface area contributed by atoms with Crippen molar-refractivity contribution in [3.8, 4) is 0 Å². The van der Waals surface area contributed by atoms with Crippen molar-refractivity contribution in [3.63, 3.8) is 0 Å². The zero-order chi connectivity index (χ0) is 14.8. The van der Waals surface area contributed by atoms with Crippen LogP contribution in [0, 0.1) is 0 Å². The van der Waals surface area contributed by atoms with Crippen LogP contribution in [-0.2, 0) is 4.79 Å². The quantitative estimate of drug-likeness (QED) is 0.773. The smallest absolute Gasteiger partial charge is 0.324 e. The number of fused-ring (bicyclic) bond motifs is 1. The van der Waals surface area contributed by atoms with Gasteiger partial charge in [0.25, 0.3) is 0 Å². The Balaban J connectivity index is 1.69. The fourth-order valence-electron chi connectivity index (χ4n) is 3.15. The van der Waals surface area contributed by atoms with Gasteiger partial charge in [-0.15, -0.1) is 0 Å². The molecule has 3 N–H and O–H groups in total. The highest BCUT2D eigenvalue weighted by molar-refractivity contribution is 6.01. The van der Waals surface area contributed by atoms with Gasteiger partial charge in [-0.3, -0.25) is 9.69 Å². The predicted octanol–water partition coefficient (Wildman–Crippen LogP) is 0.491. The normalized spacial score (nSPS) is 20.9. The molecule has 21 heavy (non-hydrogen) atoms. The van der Waals surface area contributed by atoms with Crippen molar-refractivity contribution in [1.82, 2.24) is 10.2 Å². The molecule has 3 rings (SSSR count). The average molecular weight is 288 g/mol. The number of nitrogens with zero attached hydrogens (tertiary/aromatic N) is 2. The summed E-state index contributed by atoms with van der Waals surface area (Å²) in [6, 6.07) is 8.01. The highest BCUT2D eigenvalue weighted by atomic mass is 16.2. The fourth-order valence-corrected chi connectivity index (χ4v) is 3.15. The van der Waals surface area contributed by atoms with Crippen LogP contribution in [0.2, 0.25) is 0 Å². The maximum Gasteiger partial charge on any atom is 0.324 e. The van der Waals surface area contributed by atoms with E-state index in [0.29, 0.717) is 25.6 Å². The molecule has 2 aliphatic heterocycles. The molecule has 2 heterocycles. The molecule has 112 valence electrons. The van der Waals surface area contributed by atoms with Crippen LogP contribution in [0.1, 0.15) is 17.9 Å². The van der Waals surface area contributed by atoms with E-state index in [0.717, 1.165) is 13.0 Å². The molecule has 0 bridgehead atoms. The summed E-state index contributed by atoms with van der Waals surface area (Å²) in [6.07, 6.45) is 0.955. The van der Waals surface area contributed by atoms with Gasteiger partial charge in [-0.2, -0.15) is 0 Å². The van der Waals surface area contributed by atoms with Crippen LogP contribution in [0.4, 0.5) is 10.5 Å². The Morgan fingerprint density at radius 1 is 1.24 bits per heavy atom. The van der Waals surface area contributed by atoms with Crippen molar-refractivity contribution < 1.29 is 9.59 Å². The zero-order valence-corrected chi connectivity index (χ0v) is 11.9. The minimum Gasteiger partial charge on any atom is -0.369 e. The summed E-state index contributed by atoms with van der Waals surface area (Å²) in [4.78, 5) is 26.7. The second-order valence-corrected chi connectivity index (χ2v) is 5.48. The van der Waals surface area contributed by atoms with E-state index in [-0.39, 0.29) is 18.5 Å². The maximum absolute atomic E-state index is 11.6. The van der Waals surface area contributed by atoms with Gasteiger partial charge in [-0.1, -0.05) is 18.2 Å². The summed E-state index contributed by atoms with van der Waals surface area (Å²) in [6.45, 7) is 2.77. The lowest BCUT2D eigenvalue weighted by molar-refractivity contribution is -0.124. The standard InChI is InChI=1S/C15H20N4O2/c16-6-5-11-10-18(13-4-2-1-3-12(11)13)7-8-19-14(20)9-17-15(19)21/h1-4,11H,5-10,16H2,(H,17,21). The summed E-state index contributed by atoms with van der Waals surface area (Å²) in [5, 5.41) is 2.55. The van der Waals surface area contributed by atoms with Crippen molar-refractivity contribution in [3.05, 3.63) is 29.8 Å². The Hall–Kier alpha value is -2.08. The lowest BCUT2D eigenvalue weighted by Gasteiger charge is -2.22. The van der Waals surface area contributed by atoms with Crippen LogP contribution >= 0.6 is 0 Å². The number of carbonyl (C=O) groups excluding carboxylic acids is 2. The van der Waals surface area contributed by atoms with Crippen LogP contribution in [0.3, 0.4) is 0 Å². The van der Waals surface area contributed by atoms with Gasteiger partial charge < -0.3 is 16.0 Å². The zero-order valence-electron chi connectivity index (χ0n) is 11.9. The van der Waals surface area contributed by atoms with Gasteiger partial charge >= 0.3 is 6.03 Å².